The standard InChI is InChI=1S/C15H25N3OS/c1-4-16-11-6-5-7-13-14(11)17-15(20-13)18(3)12-8-9-19-10(12)2/h10-12,16H,4-9H2,1-3H3. The van der Waals surface area contributed by atoms with Crippen LogP contribution in [0.4, 0.5) is 5.13 Å². The van der Waals surface area contributed by atoms with Crippen molar-refractivity contribution in [3.8, 4) is 0 Å². The lowest BCUT2D eigenvalue weighted by Gasteiger charge is -2.26. The molecule has 1 aliphatic carbocycles. The minimum absolute atomic E-state index is 0.311. The Morgan fingerprint density at radius 2 is 2.30 bits per heavy atom. The molecular weight excluding hydrogens is 270 g/mol. The Bertz CT molecular complexity index is 462. The first-order valence-corrected chi connectivity index (χ1v) is 8.59. The molecule has 1 saturated heterocycles. The summed E-state index contributed by atoms with van der Waals surface area (Å²) >= 11 is 1.88. The summed E-state index contributed by atoms with van der Waals surface area (Å²) in [5.41, 5.74) is 1.30. The molecule has 0 spiro atoms. The molecular formula is C15H25N3OS. The predicted octanol–water partition coefficient (Wildman–Crippen LogP) is 2.74. The second kappa shape index (κ2) is 6.00. The van der Waals surface area contributed by atoms with Crippen molar-refractivity contribution in [3.05, 3.63) is 10.6 Å². The second-order valence-electron chi connectivity index (χ2n) is 5.85. The maximum absolute atomic E-state index is 5.69. The molecule has 1 N–H and O–H groups in total. The molecule has 1 aromatic heterocycles. The number of aromatic nitrogens is 1. The van der Waals surface area contributed by atoms with E-state index in [-0.39, 0.29) is 0 Å². The lowest BCUT2D eigenvalue weighted by Crippen LogP contribution is -2.36. The molecule has 0 amide bonds. The summed E-state index contributed by atoms with van der Waals surface area (Å²) in [7, 11) is 2.17. The Balaban J connectivity index is 1.81. The molecule has 1 aliphatic heterocycles. The molecule has 112 valence electrons. The predicted molar refractivity (Wildman–Crippen MR) is 83.7 cm³/mol. The fourth-order valence-corrected chi connectivity index (χ4v) is 4.55. The first-order chi connectivity index (χ1) is 9.70. The highest BCUT2D eigenvalue weighted by molar-refractivity contribution is 7.15. The summed E-state index contributed by atoms with van der Waals surface area (Å²) in [5.74, 6) is 0. The monoisotopic (exact) mass is 295 g/mol. The largest absolute Gasteiger partial charge is 0.376 e. The fraction of sp³-hybridized carbons (Fsp3) is 0.800. The van der Waals surface area contributed by atoms with Gasteiger partial charge in [0.15, 0.2) is 5.13 Å². The van der Waals surface area contributed by atoms with Crippen molar-refractivity contribution in [2.45, 2.75) is 57.7 Å². The number of ether oxygens (including phenoxy) is 1. The van der Waals surface area contributed by atoms with Crippen molar-refractivity contribution in [3.63, 3.8) is 0 Å². The van der Waals surface area contributed by atoms with E-state index in [1.54, 1.807) is 0 Å². The molecule has 4 nitrogen and oxygen atoms in total. The average molecular weight is 295 g/mol. The van der Waals surface area contributed by atoms with Gasteiger partial charge in [-0.25, -0.2) is 4.98 Å². The van der Waals surface area contributed by atoms with E-state index in [1.165, 1.54) is 35.0 Å². The highest BCUT2D eigenvalue weighted by Crippen LogP contribution is 2.37. The van der Waals surface area contributed by atoms with Crippen LogP contribution in [0.2, 0.25) is 0 Å². The van der Waals surface area contributed by atoms with E-state index in [0.717, 1.165) is 19.6 Å². The number of aryl methyl sites for hydroxylation is 1. The zero-order chi connectivity index (χ0) is 14.1. The van der Waals surface area contributed by atoms with Gasteiger partial charge in [0.1, 0.15) is 0 Å². The van der Waals surface area contributed by atoms with Gasteiger partial charge < -0.3 is 15.0 Å². The van der Waals surface area contributed by atoms with Crippen LogP contribution >= 0.6 is 11.3 Å². The molecule has 1 fully saturated rings. The van der Waals surface area contributed by atoms with Crippen molar-refractivity contribution in [2.24, 2.45) is 0 Å². The highest BCUT2D eigenvalue weighted by Gasteiger charge is 2.31. The normalized spacial score (nSPS) is 29.4. The summed E-state index contributed by atoms with van der Waals surface area (Å²) in [4.78, 5) is 8.78. The van der Waals surface area contributed by atoms with Gasteiger partial charge in [-0.1, -0.05) is 6.92 Å². The average Bonchev–Trinajstić information content (AvgIpc) is 3.05. The Labute approximate surface area is 125 Å². The third kappa shape index (κ3) is 2.59. The molecule has 5 heteroatoms. The summed E-state index contributed by atoms with van der Waals surface area (Å²) < 4.78 is 5.69. The summed E-state index contributed by atoms with van der Waals surface area (Å²) in [6.45, 7) is 6.23. The number of nitrogens with one attached hydrogen (secondary N) is 1. The third-order valence-corrected chi connectivity index (χ3v) is 5.75. The molecule has 0 radical (unpaired) electrons. The lowest BCUT2D eigenvalue weighted by atomic mass is 9.98. The van der Waals surface area contributed by atoms with E-state index in [0.29, 0.717) is 18.2 Å². The lowest BCUT2D eigenvalue weighted by molar-refractivity contribution is 0.118. The quantitative estimate of drug-likeness (QED) is 0.927. The van der Waals surface area contributed by atoms with Gasteiger partial charge in [-0.05, 0) is 39.2 Å². The number of hydrogen-bond donors (Lipinski definition) is 1. The van der Waals surface area contributed by atoms with Gasteiger partial charge in [0.2, 0.25) is 0 Å². The van der Waals surface area contributed by atoms with Crippen LogP contribution in [0, 0.1) is 0 Å². The molecule has 3 unspecified atom stereocenters. The number of fused-ring (bicyclic) bond motifs is 1. The molecule has 0 bridgehead atoms. The van der Waals surface area contributed by atoms with E-state index in [4.69, 9.17) is 9.72 Å². The summed E-state index contributed by atoms with van der Waals surface area (Å²) in [6, 6.07) is 0.930. The molecule has 0 saturated carbocycles. The van der Waals surface area contributed by atoms with Gasteiger partial charge in [-0.15, -0.1) is 11.3 Å². The summed E-state index contributed by atoms with van der Waals surface area (Å²) in [6.07, 6.45) is 5.11. The minimum Gasteiger partial charge on any atom is -0.376 e. The van der Waals surface area contributed by atoms with Crippen LogP contribution in [0.1, 0.15) is 49.7 Å². The van der Waals surface area contributed by atoms with Crippen molar-refractivity contribution >= 4 is 16.5 Å². The van der Waals surface area contributed by atoms with Crippen LogP contribution in [-0.2, 0) is 11.2 Å². The van der Waals surface area contributed by atoms with E-state index >= 15 is 0 Å². The van der Waals surface area contributed by atoms with Crippen molar-refractivity contribution in [1.82, 2.24) is 10.3 Å². The minimum atomic E-state index is 0.311. The van der Waals surface area contributed by atoms with Crippen LogP contribution in [0.5, 0.6) is 0 Å². The van der Waals surface area contributed by atoms with Gasteiger partial charge in [-0.2, -0.15) is 0 Å². The number of nitrogens with zero attached hydrogens (tertiary/aromatic N) is 2. The van der Waals surface area contributed by atoms with Crippen molar-refractivity contribution in [1.29, 1.82) is 0 Å². The van der Waals surface area contributed by atoms with Gasteiger partial charge in [0, 0.05) is 18.5 Å². The SMILES string of the molecule is CCNC1CCCc2sc(N(C)C3CCOC3C)nc21. The van der Waals surface area contributed by atoms with Gasteiger partial charge in [0.25, 0.3) is 0 Å². The number of hydrogen-bond acceptors (Lipinski definition) is 5. The first-order valence-electron chi connectivity index (χ1n) is 7.78. The molecule has 3 atom stereocenters. The molecule has 2 heterocycles. The smallest absolute Gasteiger partial charge is 0.185 e. The van der Waals surface area contributed by atoms with Crippen LogP contribution in [0.15, 0.2) is 0 Å². The van der Waals surface area contributed by atoms with E-state index < -0.39 is 0 Å². The molecule has 3 rings (SSSR count). The van der Waals surface area contributed by atoms with Crippen LogP contribution in [-0.4, -0.2) is 37.3 Å². The Kier molecular flexibility index (Phi) is 4.29. The number of thiazole rings is 1. The maximum atomic E-state index is 5.69. The fourth-order valence-electron chi connectivity index (χ4n) is 3.37. The van der Waals surface area contributed by atoms with E-state index in [1.807, 2.05) is 11.3 Å². The number of rotatable bonds is 4. The number of anilines is 1. The Morgan fingerprint density at radius 3 is 3.00 bits per heavy atom. The van der Waals surface area contributed by atoms with Gasteiger partial charge in [0.05, 0.1) is 23.9 Å². The molecule has 0 aromatic carbocycles. The zero-order valence-electron chi connectivity index (χ0n) is 12.7. The van der Waals surface area contributed by atoms with E-state index in [2.05, 4.69) is 31.1 Å². The van der Waals surface area contributed by atoms with Crippen molar-refractivity contribution in [2.75, 3.05) is 25.1 Å². The van der Waals surface area contributed by atoms with Crippen LogP contribution in [0.25, 0.3) is 0 Å². The maximum Gasteiger partial charge on any atom is 0.185 e. The molecule has 2 aliphatic rings. The Hall–Kier alpha value is -0.650. The summed E-state index contributed by atoms with van der Waals surface area (Å²) in [5, 5.41) is 4.74. The highest BCUT2D eigenvalue weighted by atomic mass is 32.1. The van der Waals surface area contributed by atoms with E-state index in [9.17, 15) is 0 Å². The Morgan fingerprint density at radius 1 is 1.45 bits per heavy atom. The topological polar surface area (TPSA) is 37.4 Å². The van der Waals surface area contributed by atoms with Crippen LogP contribution < -0.4 is 10.2 Å². The molecule has 20 heavy (non-hydrogen) atoms. The van der Waals surface area contributed by atoms with Gasteiger partial charge >= 0.3 is 0 Å². The first kappa shape index (κ1) is 14.3. The van der Waals surface area contributed by atoms with Crippen molar-refractivity contribution < 1.29 is 4.74 Å². The molecule has 1 aromatic rings. The van der Waals surface area contributed by atoms with Crippen LogP contribution in [0.3, 0.4) is 0 Å². The number of likely N-dealkylation sites (N-methyl/N-ethyl adjacent to an activating group) is 1. The van der Waals surface area contributed by atoms with Gasteiger partial charge in [-0.3, -0.25) is 0 Å². The third-order valence-electron chi connectivity index (χ3n) is 4.53. The second-order valence-corrected chi connectivity index (χ2v) is 6.91. The zero-order valence-corrected chi connectivity index (χ0v) is 13.5.